The Bertz CT molecular complexity index is 523. The van der Waals surface area contributed by atoms with Crippen molar-refractivity contribution in [3.63, 3.8) is 0 Å². The molecular weight excluding hydrogens is 278 g/mol. The summed E-state index contributed by atoms with van der Waals surface area (Å²) >= 11 is 0. The zero-order valence-electron chi connectivity index (χ0n) is 15.1. The summed E-state index contributed by atoms with van der Waals surface area (Å²) in [6, 6.07) is 6.68. The molecule has 0 amide bonds. The van der Waals surface area contributed by atoms with Crippen molar-refractivity contribution in [3.05, 3.63) is 47.7 Å². The van der Waals surface area contributed by atoms with E-state index >= 15 is 0 Å². The highest BCUT2D eigenvalue weighted by Crippen LogP contribution is 2.53. The minimum atomic E-state index is 0.752. The van der Waals surface area contributed by atoms with Crippen molar-refractivity contribution in [1.29, 1.82) is 0 Å². The Labute approximate surface area is 142 Å². The summed E-state index contributed by atoms with van der Waals surface area (Å²) in [6.45, 7) is 8.62. The predicted molar refractivity (Wildman–Crippen MR) is 103 cm³/mol. The highest BCUT2D eigenvalue weighted by molar-refractivity contribution is 5.68. The van der Waals surface area contributed by atoms with Crippen molar-refractivity contribution in [2.75, 3.05) is 7.05 Å². The molecule has 2 atom stereocenters. The van der Waals surface area contributed by atoms with Crippen molar-refractivity contribution in [1.82, 2.24) is 5.32 Å². The zero-order valence-corrected chi connectivity index (χ0v) is 15.1. The molecule has 126 valence electrons. The smallest absolute Gasteiger partial charge is 0.00277 e. The van der Waals surface area contributed by atoms with Crippen LogP contribution in [0.3, 0.4) is 0 Å². The van der Waals surface area contributed by atoms with Gasteiger partial charge in [0.25, 0.3) is 0 Å². The van der Waals surface area contributed by atoms with Crippen molar-refractivity contribution >= 4 is 12.2 Å². The van der Waals surface area contributed by atoms with Crippen LogP contribution in [0.1, 0.15) is 75.0 Å². The van der Waals surface area contributed by atoms with Gasteiger partial charge >= 0.3 is 0 Å². The van der Waals surface area contributed by atoms with E-state index in [0.717, 1.165) is 17.8 Å². The van der Waals surface area contributed by atoms with Crippen LogP contribution in [-0.2, 0) is 0 Å². The van der Waals surface area contributed by atoms with Crippen LogP contribution < -0.4 is 5.32 Å². The first-order valence-electron chi connectivity index (χ1n) is 9.34. The van der Waals surface area contributed by atoms with Gasteiger partial charge in [-0.15, -0.1) is 0 Å². The minimum absolute atomic E-state index is 0.752. The Morgan fingerprint density at radius 3 is 2.61 bits per heavy atom. The van der Waals surface area contributed by atoms with Crippen molar-refractivity contribution in [2.24, 2.45) is 11.8 Å². The number of benzene rings is 1. The number of hydrogen-bond acceptors (Lipinski definition) is 1. The summed E-state index contributed by atoms with van der Waals surface area (Å²) in [5.74, 6) is 2.57. The fourth-order valence-electron chi connectivity index (χ4n) is 3.98. The summed E-state index contributed by atoms with van der Waals surface area (Å²) in [7, 11) is 1.95. The third-order valence-electron chi connectivity index (χ3n) is 5.16. The van der Waals surface area contributed by atoms with Gasteiger partial charge in [0.05, 0.1) is 0 Å². The highest BCUT2D eigenvalue weighted by Gasteiger charge is 2.40. The SMILES string of the molecule is C=Cc1cccc(C2CC2CC(CCC)CCC)c1/C=C\NC. The molecule has 2 unspecified atom stereocenters. The summed E-state index contributed by atoms with van der Waals surface area (Å²) in [4.78, 5) is 0. The first kappa shape index (κ1) is 17.8. The molecule has 1 N–H and O–H groups in total. The van der Waals surface area contributed by atoms with Gasteiger partial charge in [-0.25, -0.2) is 0 Å². The van der Waals surface area contributed by atoms with Crippen LogP contribution in [0.25, 0.3) is 12.2 Å². The molecule has 1 aromatic carbocycles. The predicted octanol–water partition coefficient (Wildman–Crippen LogP) is 6.23. The third kappa shape index (κ3) is 4.73. The second-order valence-corrected chi connectivity index (χ2v) is 6.96. The lowest BCUT2D eigenvalue weighted by Gasteiger charge is -2.15. The zero-order chi connectivity index (χ0) is 16.7. The van der Waals surface area contributed by atoms with E-state index < -0.39 is 0 Å². The topological polar surface area (TPSA) is 12.0 Å². The van der Waals surface area contributed by atoms with Crippen LogP contribution in [0.4, 0.5) is 0 Å². The molecule has 1 nitrogen and oxygen atoms in total. The molecule has 0 bridgehead atoms. The molecule has 23 heavy (non-hydrogen) atoms. The van der Waals surface area contributed by atoms with Crippen molar-refractivity contribution in [3.8, 4) is 0 Å². The first-order valence-corrected chi connectivity index (χ1v) is 9.34. The molecule has 1 aromatic rings. The van der Waals surface area contributed by atoms with E-state index in [1.54, 1.807) is 0 Å². The van der Waals surface area contributed by atoms with Gasteiger partial charge in [0, 0.05) is 7.05 Å². The van der Waals surface area contributed by atoms with Crippen LogP contribution in [0.5, 0.6) is 0 Å². The Morgan fingerprint density at radius 1 is 1.26 bits per heavy atom. The van der Waals surface area contributed by atoms with E-state index in [1.165, 1.54) is 55.2 Å². The van der Waals surface area contributed by atoms with E-state index in [0.29, 0.717) is 0 Å². The van der Waals surface area contributed by atoms with E-state index in [1.807, 2.05) is 19.3 Å². The maximum Gasteiger partial charge on any atom is 0.00277 e. The largest absolute Gasteiger partial charge is 0.394 e. The molecule has 0 spiro atoms. The van der Waals surface area contributed by atoms with Crippen molar-refractivity contribution < 1.29 is 0 Å². The third-order valence-corrected chi connectivity index (χ3v) is 5.16. The summed E-state index contributed by atoms with van der Waals surface area (Å²) in [6.07, 6.45) is 14.4. The fourth-order valence-corrected chi connectivity index (χ4v) is 3.98. The van der Waals surface area contributed by atoms with Gasteiger partial charge in [0.15, 0.2) is 0 Å². The van der Waals surface area contributed by atoms with E-state index in [4.69, 9.17) is 0 Å². The van der Waals surface area contributed by atoms with Gasteiger partial charge in [-0.2, -0.15) is 0 Å². The minimum Gasteiger partial charge on any atom is -0.394 e. The lowest BCUT2D eigenvalue weighted by atomic mass is 9.90. The Kier molecular flexibility index (Phi) is 6.95. The molecule has 1 fully saturated rings. The summed E-state index contributed by atoms with van der Waals surface area (Å²) in [5, 5.41) is 3.12. The standard InChI is InChI=1S/C22H33N/c1-5-9-17(10-6-2)15-19-16-22(19)21-12-8-11-18(7-3)20(21)13-14-23-4/h7-8,11-14,17,19,22-23H,3,5-6,9-10,15-16H2,1-2,4H3/b14-13-. The quantitative estimate of drug-likeness (QED) is 0.540. The number of rotatable bonds is 10. The Morgan fingerprint density at radius 2 is 2.00 bits per heavy atom. The molecule has 0 radical (unpaired) electrons. The molecule has 1 aliphatic carbocycles. The average Bonchev–Trinajstić information content (AvgIpc) is 3.32. The Hall–Kier alpha value is -1.50. The van der Waals surface area contributed by atoms with Crippen LogP contribution >= 0.6 is 0 Å². The van der Waals surface area contributed by atoms with E-state index in [9.17, 15) is 0 Å². The second-order valence-electron chi connectivity index (χ2n) is 6.96. The molecule has 0 heterocycles. The number of hydrogen-bond donors (Lipinski definition) is 1. The maximum atomic E-state index is 3.98. The first-order chi connectivity index (χ1) is 11.2. The van der Waals surface area contributed by atoms with Gasteiger partial charge in [-0.1, -0.05) is 70.4 Å². The van der Waals surface area contributed by atoms with Gasteiger partial charge in [-0.3, -0.25) is 0 Å². The van der Waals surface area contributed by atoms with Gasteiger partial charge in [-0.05, 0) is 59.6 Å². The molecule has 1 aliphatic rings. The van der Waals surface area contributed by atoms with Crippen LogP contribution in [0.15, 0.2) is 31.0 Å². The molecule has 0 saturated heterocycles. The fraction of sp³-hybridized carbons (Fsp3) is 0.545. The summed E-state index contributed by atoms with van der Waals surface area (Å²) < 4.78 is 0. The van der Waals surface area contributed by atoms with Crippen molar-refractivity contribution in [2.45, 2.75) is 58.3 Å². The Balaban J connectivity index is 2.11. The lowest BCUT2D eigenvalue weighted by molar-refractivity contribution is 0.387. The van der Waals surface area contributed by atoms with Crippen LogP contribution in [0.2, 0.25) is 0 Å². The molecule has 2 rings (SSSR count). The molecule has 1 saturated carbocycles. The summed E-state index contributed by atoms with van der Waals surface area (Å²) in [5.41, 5.74) is 4.12. The number of nitrogens with one attached hydrogen (secondary N) is 1. The van der Waals surface area contributed by atoms with E-state index in [-0.39, 0.29) is 0 Å². The van der Waals surface area contributed by atoms with Gasteiger partial charge in [0.1, 0.15) is 0 Å². The van der Waals surface area contributed by atoms with E-state index in [2.05, 4.69) is 50.0 Å². The van der Waals surface area contributed by atoms with Crippen LogP contribution in [-0.4, -0.2) is 7.05 Å². The molecular formula is C22H33N. The maximum absolute atomic E-state index is 3.98. The van der Waals surface area contributed by atoms with Gasteiger partial charge in [0.2, 0.25) is 0 Å². The second kappa shape index (κ2) is 8.96. The monoisotopic (exact) mass is 311 g/mol. The lowest BCUT2D eigenvalue weighted by Crippen LogP contribution is -2.02. The molecule has 0 aliphatic heterocycles. The average molecular weight is 312 g/mol. The normalized spacial score (nSPS) is 20.2. The van der Waals surface area contributed by atoms with Gasteiger partial charge < -0.3 is 5.32 Å². The molecule has 1 heteroatoms. The molecule has 0 aromatic heterocycles. The highest BCUT2D eigenvalue weighted by atomic mass is 14.8. The van der Waals surface area contributed by atoms with Crippen LogP contribution in [0, 0.1) is 11.8 Å².